The van der Waals surface area contributed by atoms with E-state index in [1.807, 2.05) is 18.5 Å². The second-order valence-corrected chi connectivity index (χ2v) is 5.15. The quantitative estimate of drug-likeness (QED) is 0.817. The molecule has 0 spiro atoms. The molecule has 3 heteroatoms. The molecular formula is C17H20N2O. The largest absolute Gasteiger partial charge is 0.493 e. The van der Waals surface area contributed by atoms with Crippen LogP contribution in [-0.2, 0) is 19.3 Å². The molecule has 0 atom stereocenters. The molecule has 20 heavy (non-hydrogen) atoms. The molecule has 0 saturated carbocycles. The molecule has 104 valence electrons. The molecule has 0 bridgehead atoms. The van der Waals surface area contributed by atoms with E-state index < -0.39 is 0 Å². The van der Waals surface area contributed by atoms with E-state index >= 15 is 0 Å². The standard InChI is InChI=1S/C17H20N2O/c1-2-15(13-19-8-1)6-10-18-9-5-14-3-4-17-16(12-14)7-11-20-17/h1-4,8,12-13,18H,5-7,9-11H2. The molecule has 1 aromatic heterocycles. The highest BCUT2D eigenvalue weighted by Gasteiger charge is 2.11. The third-order valence-electron chi connectivity index (χ3n) is 3.66. The average molecular weight is 268 g/mol. The molecule has 0 fully saturated rings. The monoisotopic (exact) mass is 268 g/mol. The fraction of sp³-hybridized carbons (Fsp3) is 0.353. The number of fused-ring (bicyclic) bond motifs is 1. The maximum Gasteiger partial charge on any atom is 0.122 e. The average Bonchev–Trinajstić information content (AvgIpc) is 2.95. The zero-order valence-corrected chi connectivity index (χ0v) is 11.6. The van der Waals surface area contributed by atoms with Crippen molar-refractivity contribution in [3.8, 4) is 5.75 Å². The van der Waals surface area contributed by atoms with Crippen LogP contribution in [0.5, 0.6) is 5.75 Å². The zero-order valence-electron chi connectivity index (χ0n) is 11.6. The molecule has 0 saturated heterocycles. The van der Waals surface area contributed by atoms with Gasteiger partial charge in [-0.2, -0.15) is 0 Å². The van der Waals surface area contributed by atoms with Crippen molar-refractivity contribution in [3.63, 3.8) is 0 Å². The first kappa shape index (κ1) is 13.1. The normalized spacial score (nSPS) is 13.0. The van der Waals surface area contributed by atoms with E-state index in [1.54, 1.807) is 0 Å². The third-order valence-corrected chi connectivity index (χ3v) is 3.66. The highest BCUT2D eigenvalue weighted by Crippen LogP contribution is 2.25. The van der Waals surface area contributed by atoms with Crippen molar-refractivity contribution in [3.05, 3.63) is 59.4 Å². The van der Waals surface area contributed by atoms with Crippen molar-refractivity contribution in [2.45, 2.75) is 19.3 Å². The summed E-state index contributed by atoms with van der Waals surface area (Å²) in [5.41, 5.74) is 4.04. The summed E-state index contributed by atoms with van der Waals surface area (Å²) in [6.45, 7) is 2.85. The number of nitrogens with one attached hydrogen (secondary N) is 1. The van der Waals surface area contributed by atoms with E-state index in [-0.39, 0.29) is 0 Å². The van der Waals surface area contributed by atoms with Gasteiger partial charge >= 0.3 is 0 Å². The molecule has 1 aliphatic rings. The van der Waals surface area contributed by atoms with Crippen LogP contribution in [0.3, 0.4) is 0 Å². The Bertz CT molecular complexity index is 554. The zero-order chi connectivity index (χ0) is 13.6. The highest BCUT2D eigenvalue weighted by atomic mass is 16.5. The van der Waals surface area contributed by atoms with E-state index in [9.17, 15) is 0 Å². The van der Waals surface area contributed by atoms with Gasteiger partial charge in [0.05, 0.1) is 6.61 Å². The van der Waals surface area contributed by atoms with Crippen molar-refractivity contribution in [2.24, 2.45) is 0 Å². The topological polar surface area (TPSA) is 34.2 Å². The number of ether oxygens (including phenoxy) is 1. The van der Waals surface area contributed by atoms with Gasteiger partial charge in [0.15, 0.2) is 0 Å². The number of aromatic nitrogens is 1. The van der Waals surface area contributed by atoms with Crippen molar-refractivity contribution in [1.82, 2.24) is 10.3 Å². The van der Waals surface area contributed by atoms with Gasteiger partial charge in [0.2, 0.25) is 0 Å². The van der Waals surface area contributed by atoms with Crippen molar-refractivity contribution in [1.29, 1.82) is 0 Å². The fourth-order valence-corrected chi connectivity index (χ4v) is 2.53. The molecule has 2 heterocycles. The minimum Gasteiger partial charge on any atom is -0.493 e. The van der Waals surface area contributed by atoms with E-state index in [2.05, 4.69) is 34.6 Å². The Balaban J connectivity index is 1.40. The molecular weight excluding hydrogens is 248 g/mol. The van der Waals surface area contributed by atoms with Gasteiger partial charge in [-0.05, 0) is 54.8 Å². The van der Waals surface area contributed by atoms with Gasteiger partial charge in [-0.15, -0.1) is 0 Å². The number of pyridine rings is 1. The molecule has 3 rings (SSSR count). The van der Waals surface area contributed by atoms with Crippen LogP contribution >= 0.6 is 0 Å². The first-order chi connectivity index (χ1) is 9.92. The van der Waals surface area contributed by atoms with Crippen LogP contribution in [0, 0.1) is 0 Å². The summed E-state index contributed by atoms with van der Waals surface area (Å²) in [4.78, 5) is 4.12. The SMILES string of the molecule is c1cncc(CCNCCc2ccc3c(c2)CCO3)c1. The third kappa shape index (κ3) is 3.36. The number of hydrogen-bond acceptors (Lipinski definition) is 3. The van der Waals surface area contributed by atoms with Crippen molar-refractivity contribution in [2.75, 3.05) is 19.7 Å². The first-order valence-corrected chi connectivity index (χ1v) is 7.26. The number of rotatable bonds is 6. The Morgan fingerprint density at radius 2 is 2.00 bits per heavy atom. The molecule has 1 N–H and O–H groups in total. The van der Waals surface area contributed by atoms with Gasteiger partial charge in [0, 0.05) is 18.8 Å². The van der Waals surface area contributed by atoms with E-state index in [0.717, 1.165) is 44.7 Å². The molecule has 2 aromatic rings. The van der Waals surface area contributed by atoms with Gasteiger partial charge in [0.1, 0.15) is 5.75 Å². The summed E-state index contributed by atoms with van der Waals surface area (Å²) in [7, 11) is 0. The maximum atomic E-state index is 5.52. The molecule has 0 unspecified atom stereocenters. The molecule has 0 aliphatic carbocycles. The molecule has 3 nitrogen and oxygen atoms in total. The highest BCUT2D eigenvalue weighted by molar-refractivity contribution is 5.39. The molecule has 1 aromatic carbocycles. The summed E-state index contributed by atoms with van der Waals surface area (Å²) >= 11 is 0. The van der Waals surface area contributed by atoms with Crippen LogP contribution in [0.4, 0.5) is 0 Å². The minimum atomic E-state index is 0.835. The van der Waals surface area contributed by atoms with E-state index in [4.69, 9.17) is 4.74 Å². The van der Waals surface area contributed by atoms with Gasteiger partial charge in [-0.1, -0.05) is 18.2 Å². The lowest BCUT2D eigenvalue weighted by Gasteiger charge is -2.06. The van der Waals surface area contributed by atoms with Crippen LogP contribution < -0.4 is 10.1 Å². The Hall–Kier alpha value is -1.87. The minimum absolute atomic E-state index is 0.835. The lowest BCUT2D eigenvalue weighted by molar-refractivity contribution is 0.357. The second kappa shape index (κ2) is 6.53. The van der Waals surface area contributed by atoms with Crippen LogP contribution in [0.2, 0.25) is 0 Å². The van der Waals surface area contributed by atoms with Crippen LogP contribution in [0.25, 0.3) is 0 Å². The second-order valence-electron chi connectivity index (χ2n) is 5.15. The summed E-state index contributed by atoms with van der Waals surface area (Å²) in [6.07, 6.45) is 6.90. The maximum absolute atomic E-state index is 5.52. The van der Waals surface area contributed by atoms with E-state index in [0.29, 0.717) is 0 Å². The Morgan fingerprint density at radius 3 is 2.85 bits per heavy atom. The Labute approximate surface area is 120 Å². The number of benzene rings is 1. The van der Waals surface area contributed by atoms with Crippen molar-refractivity contribution >= 4 is 0 Å². The molecule has 0 amide bonds. The van der Waals surface area contributed by atoms with Crippen LogP contribution in [-0.4, -0.2) is 24.7 Å². The van der Waals surface area contributed by atoms with Gasteiger partial charge in [-0.25, -0.2) is 0 Å². The molecule has 0 radical (unpaired) electrons. The summed E-state index contributed by atoms with van der Waals surface area (Å²) in [5, 5.41) is 3.49. The predicted molar refractivity (Wildman–Crippen MR) is 80.2 cm³/mol. The summed E-state index contributed by atoms with van der Waals surface area (Å²) < 4.78 is 5.52. The number of hydrogen-bond donors (Lipinski definition) is 1. The lowest BCUT2D eigenvalue weighted by atomic mass is 10.1. The summed E-state index contributed by atoms with van der Waals surface area (Å²) in [6, 6.07) is 10.7. The first-order valence-electron chi connectivity index (χ1n) is 7.26. The van der Waals surface area contributed by atoms with Gasteiger partial charge in [-0.3, -0.25) is 4.98 Å². The summed E-state index contributed by atoms with van der Waals surface area (Å²) in [5.74, 6) is 1.07. The lowest BCUT2D eigenvalue weighted by Crippen LogP contribution is -2.20. The van der Waals surface area contributed by atoms with Gasteiger partial charge in [0.25, 0.3) is 0 Å². The van der Waals surface area contributed by atoms with E-state index in [1.165, 1.54) is 16.7 Å². The van der Waals surface area contributed by atoms with Gasteiger partial charge < -0.3 is 10.1 Å². The smallest absolute Gasteiger partial charge is 0.122 e. The molecule has 1 aliphatic heterocycles. The van der Waals surface area contributed by atoms with Crippen LogP contribution in [0.1, 0.15) is 16.7 Å². The fourth-order valence-electron chi connectivity index (χ4n) is 2.53. The predicted octanol–water partition coefficient (Wildman–Crippen LogP) is 2.39. The Morgan fingerprint density at radius 1 is 1.10 bits per heavy atom. The number of nitrogens with zero attached hydrogens (tertiary/aromatic N) is 1. The van der Waals surface area contributed by atoms with Crippen molar-refractivity contribution < 1.29 is 4.74 Å². The van der Waals surface area contributed by atoms with Crippen LogP contribution in [0.15, 0.2) is 42.7 Å². The Kier molecular flexibility index (Phi) is 4.28.